The van der Waals surface area contributed by atoms with E-state index in [-0.39, 0.29) is 5.91 Å². The number of nitrogen functional groups attached to an aromatic ring is 1. The predicted octanol–water partition coefficient (Wildman–Crippen LogP) is 2.14. The highest BCUT2D eigenvalue weighted by Crippen LogP contribution is 2.26. The van der Waals surface area contributed by atoms with Gasteiger partial charge in [-0.05, 0) is 24.6 Å². The number of carbonyl (C=O) groups is 1. The van der Waals surface area contributed by atoms with Crippen molar-refractivity contribution in [2.24, 2.45) is 0 Å². The fourth-order valence-corrected chi connectivity index (χ4v) is 2.60. The molecule has 0 fully saturated rings. The van der Waals surface area contributed by atoms with Crippen LogP contribution >= 0.6 is 0 Å². The first-order chi connectivity index (χ1) is 10.1. The van der Waals surface area contributed by atoms with Gasteiger partial charge >= 0.3 is 0 Å². The molecule has 0 radical (unpaired) electrons. The van der Waals surface area contributed by atoms with E-state index in [1.165, 1.54) is 0 Å². The van der Waals surface area contributed by atoms with Crippen molar-refractivity contribution in [2.75, 3.05) is 12.8 Å². The number of anilines is 1. The zero-order valence-corrected chi connectivity index (χ0v) is 12.1. The number of nitrogens with zero attached hydrogens (tertiary/aromatic N) is 2. The lowest BCUT2D eigenvalue weighted by Gasteiger charge is -2.16. The molecule has 1 aromatic carbocycles. The van der Waals surface area contributed by atoms with Gasteiger partial charge < -0.3 is 15.4 Å². The summed E-state index contributed by atoms with van der Waals surface area (Å²) in [7, 11) is 1.62. The normalized spacial score (nSPS) is 13.4. The Hall–Kier alpha value is -2.56. The number of rotatable bonds is 3. The fourth-order valence-electron chi connectivity index (χ4n) is 2.60. The van der Waals surface area contributed by atoms with Crippen molar-refractivity contribution in [1.82, 2.24) is 9.88 Å². The molecule has 108 valence electrons. The summed E-state index contributed by atoms with van der Waals surface area (Å²) in [6.45, 7) is 2.96. The second kappa shape index (κ2) is 5.09. The van der Waals surface area contributed by atoms with Crippen LogP contribution in [0, 0.1) is 6.92 Å². The minimum atomic E-state index is -0.000395. The van der Waals surface area contributed by atoms with E-state index in [0.29, 0.717) is 24.3 Å². The van der Waals surface area contributed by atoms with Crippen LogP contribution in [0.1, 0.15) is 27.3 Å². The third-order valence-electron chi connectivity index (χ3n) is 3.58. The number of benzene rings is 1. The average molecular weight is 283 g/mol. The Morgan fingerprint density at radius 1 is 1.33 bits per heavy atom. The molecule has 5 heteroatoms. The molecule has 5 nitrogen and oxygen atoms in total. The highest BCUT2D eigenvalue weighted by atomic mass is 16.5. The van der Waals surface area contributed by atoms with E-state index in [1.54, 1.807) is 18.1 Å². The van der Waals surface area contributed by atoms with Gasteiger partial charge in [-0.2, -0.15) is 0 Å². The minimum absolute atomic E-state index is 0.000395. The Labute approximate surface area is 123 Å². The summed E-state index contributed by atoms with van der Waals surface area (Å²) in [6, 6.07) is 9.20. The first kappa shape index (κ1) is 13.4. The molecule has 0 unspecified atom stereocenters. The lowest BCUT2D eigenvalue weighted by atomic mass is 10.1. The lowest BCUT2D eigenvalue weighted by Crippen LogP contribution is -2.24. The molecule has 0 saturated carbocycles. The molecule has 0 bridgehead atoms. The molecule has 0 saturated heterocycles. The van der Waals surface area contributed by atoms with E-state index in [1.807, 2.05) is 31.2 Å². The summed E-state index contributed by atoms with van der Waals surface area (Å²) in [6.07, 6.45) is 0. The topological polar surface area (TPSA) is 68.4 Å². The van der Waals surface area contributed by atoms with Crippen molar-refractivity contribution in [3.63, 3.8) is 0 Å². The van der Waals surface area contributed by atoms with Crippen LogP contribution in [0.3, 0.4) is 0 Å². The zero-order chi connectivity index (χ0) is 15.0. The molecule has 1 amide bonds. The summed E-state index contributed by atoms with van der Waals surface area (Å²) < 4.78 is 5.24. The van der Waals surface area contributed by atoms with Crippen molar-refractivity contribution >= 4 is 11.6 Å². The second-order valence-electron chi connectivity index (χ2n) is 5.22. The Bertz CT molecular complexity index is 713. The van der Waals surface area contributed by atoms with Crippen molar-refractivity contribution in [2.45, 2.75) is 20.0 Å². The van der Waals surface area contributed by atoms with Gasteiger partial charge in [-0.25, -0.2) is 0 Å². The molecular formula is C16H17N3O2. The molecule has 1 aromatic heterocycles. The van der Waals surface area contributed by atoms with Crippen LogP contribution in [0.5, 0.6) is 5.75 Å². The van der Waals surface area contributed by atoms with Crippen molar-refractivity contribution in [3.8, 4) is 5.75 Å². The van der Waals surface area contributed by atoms with E-state index in [9.17, 15) is 4.79 Å². The molecule has 1 aliphatic rings. The number of hydrogen-bond acceptors (Lipinski definition) is 4. The van der Waals surface area contributed by atoms with Crippen molar-refractivity contribution in [1.29, 1.82) is 0 Å². The number of nitrogens with two attached hydrogens (primary N) is 1. The number of aryl methyl sites for hydroxylation is 1. The third-order valence-corrected chi connectivity index (χ3v) is 3.58. The molecule has 0 aliphatic carbocycles. The van der Waals surface area contributed by atoms with Gasteiger partial charge in [-0.1, -0.05) is 6.07 Å². The number of amides is 1. The molecule has 2 N–H and O–H groups in total. The molecular weight excluding hydrogens is 266 g/mol. The van der Waals surface area contributed by atoms with E-state index in [0.717, 1.165) is 22.7 Å². The van der Waals surface area contributed by atoms with E-state index in [2.05, 4.69) is 4.98 Å². The van der Waals surface area contributed by atoms with Crippen molar-refractivity contribution in [3.05, 3.63) is 52.8 Å². The number of aromatic nitrogens is 1. The van der Waals surface area contributed by atoms with Gasteiger partial charge in [0.1, 0.15) is 5.75 Å². The van der Waals surface area contributed by atoms with Gasteiger partial charge in [-0.15, -0.1) is 0 Å². The maximum absolute atomic E-state index is 12.4. The van der Waals surface area contributed by atoms with Gasteiger partial charge in [0.15, 0.2) is 0 Å². The summed E-state index contributed by atoms with van der Waals surface area (Å²) in [5, 5.41) is 0. The van der Waals surface area contributed by atoms with Crippen molar-refractivity contribution < 1.29 is 9.53 Å². The first-order valence-corrected chi connectivity index (χ1v) is 6.76. The van der Waals surface area contributed by atoms with Crippen LogP contribution in [0.2, 0.25) is 0 Å². The molecule has 2 heterocycles. The quantitative estimate of drug-likeness (QED) is 0.876. The number of fused-ring (bicyclic) bond motifs is 1. The molecule has 2 aromatic rings. The van der Waals surface area contributed by atoms with Gasteiger partial charge in [0, 0.05) is 35.6 Å². The standard InChI is InChI=1S/C16H17N3O2/c1-10-5-14(21-2)7-13(18-10)9-19-8-11-3-4-12(17)6-15(11)16(19)20/h3-7H,8-9,17H2,1-2H3. The predicted molar refractivity (Wildman–Crippen MR) is 80.0 cm³/mol. The van der Waals surface area contributed by atoms with Crippen LogP contribution in [0.25, 0.3) is 0 Å². The summed E-state index contributed by atoms with van der Waals surface area (Å²) in [4.78, 5) is 18.6. The third kappa shape index (κ3) is 2.54. The van der Waals surface area contributed by atoms with Crippen LogP contribution in [0.4, 0.5) is 5.69 Å². The van der Waals surface area contributed by atoms with Gasteiger partial charge in [0.25, 0.3) is 5.91 Å². The molecule has 0 spiro atoms. The summed E-state index contributed by atoms with van der Waals surface area (Å²) >= 11 is 0. The highest BCUT2D eigenvalue weighted by Gasteiger charge is 2.27. The number of ether oxygens (including phenoxy) is 1. The molecule has 3 rings (SSSR count). The van der Waals surface area contributed by atoms with E-state index in [4.69, 9.17) is 10.5 Å². The first-order valence-electron chi connectivity index (χ1n) is 6.76. The maximum Gasteiger partial charge on any atom is 0.254 e. The SMILES string of the molecule is COc1cc(C)nc(CN2Cc3ccc(N)cc3C2=O)c1. The van der Waals surface area contributed by atoms with Gasteiger partial charge in [0.2, 0.25) is 0 Å². The zero-order valence-electron chi connectivity index (χ0n) is 12.1. The number of methoxy groups -OCH3 is 1. The number of carbonyl (C=O) groups excluding carboxylic acids is 1. The summed E-state index contributed by atoms with van der Waals surface area (Å²) in [5.74, 6) is 0.755. The Morgan fingerprint density at radius 3 is 2.90 bits per heavy atom. The van der Waals surface area contributed by atoms with Gasteiger partial charge in [-0.3, -0.25) is 9.78 Å². The Morgan fingerprint density at radius 2 is 2.14 bits per heavy atom. The van der Waals surface area contributed by atoms with Crippen LogP contribution in [0.15, 0.2) is 30.3 Å². The Balaban J connectivity index is 1.84. The number of pyridine rings is 1. The van der Waals surface area contributed by atoms with E-state index < -0.39 is 0 Å². The number of hydrogen-bond donors (Lipinski definition) is 1. The van der Waals surface area contributed by atoms with Gasteiger partial charge in [0.05, 0.1) is 19.3 Å². The minimum Gasteiger partial charge on any atom is -0.497 e. The average Bonchev–Trinajstić information content (AvgIpc) is 2.75. The second-order valence-corrected chi connectivity index (χ2v) is 5.22. The highest BCUT2D eigenvalue weighted by molar-refractivity contribution is 5.99. The molecule has 1 aliphatic heterocycles. The molecule has 21 heavy (non-hydrogen) atoms. The van der Waals surface area contributed by atoms with E-state index >= 15 is 0 Å². The summed E-state index contributed by atoms with van der Waals surface area (Å²) in [5.41, 5.74) is 9.75. The lowest BCUT2D eigenvalue weighted by molar-refractivity contribution is 0.0764. The smallest absolute Gasteiger partial charge is 0.254 e. The monoisotopic (exact) mass is 283 g/mol. The maximum atomic E-state index is 12.4. The largest absolute Gasteiger partial charge is 0.497 e. The molecule has 0 atom stereocenters. The Kier molecular flexibility index (Phi) is 3.25. The van der Waals surface area contributed by atoms with Crippen LogP contribution in [-0.4, -0.2) is 22.9 Å². The van der Waals surface area contributed by atoms with Crippen LogP contribution in [-0.2, 0) is 13.1 Å². The fraction of sp³-hybridized carbons (Fsp3) is 0.250. The van der Waals surface area contributed by atoms with Crippen LogP contribution < -0.4 is 10.5 Å².